The minimum Gasteiger partial charge on any atom is -0.396 e. The number of hydrogen-bond donors (Lipinski definition) is 3. The number of H-pyrrole nitrogens is 1. The smallest absolute Gasteiger partial charge is 0.271 e. The van der Waals surface area contributed by atoms with Gasteiger partial charge in [-0.05, 0) is 0 Å². The fourth-order valence-electron chi connectivity index (χ4n) is 1.37. The van der Waals surface area contributed by atoms with Gasteiger partial charge in [0.2, 0.25) is 0 Å². The summed E-state index contributed by atoms with van der Waals surface area (Å²) in [6.07, 6.45) is 4.81. The van der Waals surface area contributed by atoms with Crippen molar-refractivity contribution < 1.29 is 4.79 Å². The molecule has 1 amide bonds. The number of hydrogen-bond acceptors (Lipinski definition) is 4. The van der Waals surface area contributed by atoms with E-state index in [1.54, 1.807) is 19.4 Å². The van der Waals surface area contributed by atoms with Crippen molar-refractivity contribution >= 4 is 11.6 Å². The molecule has 16 heavy (non-hydrogen) atoms. The lowest BCUT2D eigenvalue weighted by Gasteiger charge is -2.04. The van der Waals surface area contributed by atoms with Gasteiger partial charge in [0.05, 0.1) is 18.1 Å². The molecule has 2 aromatic rings. The van der Waals surface area contributed by atoms with Crippen molar-refractivity contribution in [2.45, 2.75) is 6.54 Å². The van der Waals surface area contributed by atoms with Gasteiger partial charge >= 0.3 is 0 Å². The highest BCUT2D eigenvalue weighted by atomic mass is 16.2. The maximum absolute atomic E-state index is 11.8. The molecule has 0 aliphatic carbocycles. The monoisotopic (exact) mass is 220 g/mol. The van der Waals surface area contributed by atoms with E-state index in [0.29, 0.717) is 17.9 Å². The van der Waals surface area contributed by atoms with Crippen molar-refractivity contribution in [1.82, 2.24) is 25.3 Å². The molecule has 2 heterocycles. The molecule has 0 spiro atoms. The van der Waals surface area contributed by atoms with Crippen molar-refractivity contribution in [1.29, 1.82) is 0 Å². The summed E-state index contributed by atoms with van der Waals surface area (Å²) in [6.45, 7) is 0.403. The van der Waals surface area contributed by atoms with Gasteiger partial charge in [0.15, 0.2) is 0 Å². The van der Waals surface area contributed by atoms with Gasteiger partial charge < -0.3 is 11.1 Å². The van der Waals surface area contributed by atoms with Gasteiger partial charge in [-0.25, -0.2) is 0 Å². The van der Waals surface area contributed by atoms with Crippen LogP contribution >= 0.6 is 0 Å². The van der Waals surface area contributed by atoms with Gasteiger partial charge in [-0.1, -0.05) is 0 Å². The van der Waals surface area contributed by atoms with Crippen molar-refractivity contribution in [3.63, 3.8) is 0 Å². The predicted molar refractivity (Wildman–Crippen MR) is 57.4 cm³/mol. The molecule has 0 saturated heterocycles. The van der Waals surface area contributed by atoms with Crippen LogP contribution in [0.15, 0.2) is 18.6 Å². The van der Waals surface area contributed by atoms with E-state index in [1.807, 2.05) is 0 Å². The van der Waals surface area contributed by atoms with Crippen molar-refractivity contribution in [3.05, 3.63) is 29.8 Å². The maximum Gasteiger partial charge on any atom is 0.271 e. The first kappa shape index (κ1) is 10.2. The normalized spacial score (nSPS) is 10.3. The lowest BCUT2D eigenvalue weighted by Crippen LogP contribution is -2.25. The molecule has 0 aromatic carbocycles. The first-order valence-corrected chi connectivity index (χ1v) is 4.72. The number of nitrogens with two attached hydrogens (primary N) is 1. The van der Waals surface area contributed by atoms with E-state index in [-0.39, 0.29) is 5.91 Å². The van der Waals surface area contributed by atoms with Crippen LogP contribution in [0.25, 0.3) is 0 Å². The number of aromatic nitrogens is 4. The Morgan fingerprint density at radius 3 is 3.00 bits per heavy atom. The van der Waals surface area contributed by atoms with Crippen molar-refractivity contribution in [2.75, 3.05) is 5.73 Å². The van der Waals surface area contributed by atoms with E-state index in [0.717, 1.165) is 5.56 Å². The number of aryl methyl sites for hydroxylation is 1. The Morgan fingerprint density at radius 2 is 2.44 bits per heavy atom. The predicted octanol–water partition coefficient (Wildman–Crippen LogP) is -0.345. The van der Waals surface area contributed by atoms with Crippen LogP contribution in [0.2, 0.25) is 0 Å². The molecule has 84 valence electrons. The van der Waals surface area contributed by atoms with Crippen LogP contribution < -0.4 is 11.1 Å². The molecular formula is C9H12N6O. The minimum absolute atomic E-state index is 0.251. The molecule has 7 nitrogen and oxygen atoms in total. The third kappa shape index (κ3) is 1.88. The van der Waals surface area contributed by atoms with E-state index in [2.05, 4.69) is 20.6 Å². The number of amides is 1. The molecule has 0 aliphatic heterocycles. The molecular weight excluding hydrogens is 208 g/mol. The second-order valence-electron chi connectivity index (χ2n) is 3.36. The van der Waals surface area contributed by atoms with Crippen LogP contribution in [0.5, 0.6) is 0 Å². The molecule has 0 atom stereocenters. The van der Waals surface area contributed by atoms with Crippen LogP contribution in [0.4, 0.5) is 5.69 Å². The van der Waals surface area contributed by atoms with Gasteiger partial charge in [-0.2, -0.15) is 10.2 Å². The number of carbonyl (C=O) groups excluding carboxylic acids is 1. The molecule has 0 radical (unpaired) electrons. The molecule has 0 saturated carbocycles. The summed E-state index contributed by atoms with van der Waals surface area (Å²) in [6, 6.07) is 0. The average molecular weight is 220 g/mol. The Bertz CT molecular complexity index is 467. The Hall–Kier alpha value is -2.31. The first-order chi connectivity index (χ1) is 7.68. The fraction of sp³-hybridized carbons (Fsp3) is 0.222. The molecule has 0 unspecified atom stereocenters. The van der Waals surface area contributed by atoms with E-state index in [4.69, 9.17) is 5.73 Å². The SMILES string of the molecule is Cn1ncc(N)c1C(=O)NCc1cn[nH]c1. The quantitative estimate of drug-likeness (QED) is 0.658. The van der Waals surface area contributed by atoms with Gasteiger partial charge in [0.25, 0.3) is 5.91 Å². The fourth-order valence-corrected chi connectivity index (χ4v) is 1.37. The summed E-state index contributed by atoms with van der Waals surface area (Å²) in [5, 5.41) is 13.1. The lowest BCUT2D eigenvalue weighted by molar-refractivity contribution is 0.0942. The third-order valence-corrected chi connectivity index (χ3v) is 2.19. The lowest BCUT2D eigenvalue weighted by atomic mass is 10.3. The highest BCUT2D eigenvalue weighted by molar-refractivity contribution is 5.97. The third-order valence-electron chi connectivity index (χ3n) is 2.19. The number of nitrogens with one attached hydrogen (secondary N) is 2. The number of aromatic amines is 1. The number of carbonyl (C=O) groups is 1. The van der Waals surface area contributed by atoms with Gasteiger partial charge in [0, 0.05) is 25.4 Å². The van der Waals surface area contributed by atoms with Gasteiger partial charge in [0.1, 0.15) is 5.69 Å². The highest BCUT2D eigenvalue weighted by Gasteiger charge is 2.14. The van der Waals surface area contributed by atoms with Crippen LogP contribution in [0.3, 0.4) is 0 Å². The Labute approximate surface area is 91.6 Å². The molecule has 0 bridgehead atoms. The average Bonchev–Trinajstić information content (AvgIpc) is 2.86. The zero-order chi connectivity index (χ0) is 11.5. The van der Waals surface area contributed by atoms with E-state index in [1.165, 1.54) is 10.9 Å². The van der Waals surface area contributed by atoms with Crippen molar-refractivity contribution in [3.8, 4) is 0 Å². The van der Waals surface area contributed by atoms with Crippen LogP contribution in [0, 0.1) is 0 Å². The summed E-state index contributed by atoms with van der Waals surface area (Å²) >= 11 is 0. The largest absolute Gasteiger partial charge is 0.396 e. The minimum atomic E-state index is -0.251. The zero-order valence-electron chi connectivity index (χ0n) is 8.77. The molecule has 2 rings (SSSR count). The highest BCUT2D eigenvalue weighted by Crippen LogP contribution is 2.08. The summed E-state index contributed by atoms with van der Waals surface area (Å²) in [5.41, 5.74) is 7.26. The maximum atomic E-state index is 11.8. The Morgan fingerprint density at radius 1 is 1.62 bits per heavy atom. The number of nitrogen functional groups attached to an aromatic ring is 1. The molecule has 0 fully saturated rings. The van der Waals surface area contributed by atoms with Gasteiger partial charge in [-0.3, -0.25) is 14.6 Å². The summed E-state index contributed by atoms with van der Waals surface area (Å²) in [5.74, 6) is -0.251. The number of nitrogens with zero attached hydrogens (tertiary/aromatic N) is 3. The van der Waals surface area contributed by atoms with E-state index < -0.39 is 0 Å². The first-order valence-electron chi connectivity index (χ1n) is 4.72. The number of anilines is 1. The van der Waals surface area contributed by atoms with E-state index >= 15 is 0 Å². The zero-order valence-corrected chi connectivity index (χ0v) is 8.77. The van der Waals surface area contributed by atoms with Crippen LogP contribution in [-0.4, -0.2) is 25.9 Å². The summed E-state index contributed by atoms with van der Waals surface area (Å²) < 4.78 is 1.44. The molecule has 7 heteroatoms. The Balaban J connectivity index is 2.04. The van der Waals surface area contributed by atoms with Gasteiger partial charge in [-0.15, -0.1) is 0 Å². The number of rotatable bonds is 3. The van der Waals surface area contributed by atoms with E-state index in [9.17, 15) is 4.79 Å². The molecule has 2 aromatic heterocycles. The molecule has 0 aliphatic rings. The Kier molecular flexibility index (Phi) is 2.59. The molecule has 4 N–H and O–H groups in total. The van der Waals surface area contributed by atoms with Crippen LogP contribution in [0.1, 0.15) is 16.1 Å². The van der Waals surface area contributed by atoms with Crippen molar-refractivity contribution in [2.24, 2.45) is 7.05 Å². The standard InChI is InChI=1S/C9H12N6O/c1-15-8(7(10)5-14-15)9(16)11-2-6-3-12-13-4-6/h3-5H,2,10H2,1H3,(H,11,16)(H,12,13). The summed E-state index contributed by atoms with van der Waals surface area (Å²) in [7, 11) is 1.67. The summed E-state index contributed by atoms with van der Waals surface area (Å²) in [4.78, 5) is 11.8. The second-order valence-corrected chi connectivity index (χ2v) is 3.36. The van der Waals surface area contributed by atoms with Crippen LogP contribution in [-0.2, 0) is 13.6 Å². The topological polar surface area (TPSA) is 102 Å². The second kappa shape index (κ2) is 4.05.